The number of rotatable bonds is 3. The normalized spacial score (nSPS) is 34.8. The molecule has 1 amide bonds. The van der Waals surface area contributed by atoms with Crippen LogP contribution in [0.25, 0.3) is 0 Å². The molecule has 0 heterocycles. The number of amides is 1. The number of benzene rings is 1. The van der Waals surface area contributed by atoms with E-state index in [0.29, 0.717) is 6.41 Å². The van der Waals surface area contributed by atoms with Crippen LogP contribution in [-0.4, -0.2) is 31.1 Å². The van der Waals surface area contributed by atoms with Gasteiger partial charge in [0.05, 0.1) is 5.92 Å². The van der Waals surface area contributed by atoms with E-state index in [1.54, 1.807) is 6.07 Å². The molecule has 1 fully saturated rings. The smallest absolute Gasteiger partial charge is 0.211 e. The van der Waals surface area contributed by atoms with Crippen LogP contribution in [0.4, 0.5) is 23.2 Å². The second kappa shape index (κ2) is 5.59. The Morgan fingerprint density at radius 1 is 1.05 bits per heavy atom. The molecule has 6 heteroatoms. The Balaban J connectivity index is 2.40. The molecule has 0 aromatic heterocycles. The number of nitrogens with one attached hydrogen (secondary N) is 1. The van der Waals surface area contributed by atoms with Crippen molar-refractivity contribution in [2.45, 2.75) is 37.0 Å². The molecule has 0 radical (unpaired) electrons. The monoisotopic (exact) mass is 275 g/mol. The number of hydrogen-bond acceptors (Lipinski definition) is 1. The van der Waals surface area contributed by atoms with Crippen LogP contribution < -0.4 is 5.32 Å². The predicted molar refractivity (Wildman–Crippen MR) is 63.1 cm³/mol. The summed E-state index contributed by atoms with van der Waals surface area (Å²) in [5.74, 6) is -1.55. The van der Waals surface area contributed by atoms with Gasteiger partial charge in [-0.1, -0.05) is 18.2 Å². The third kappa shape index (κ3) is 2.57. The molecule has 1 aromatic rings. The molecule has 0 aliphatic heterocycles. The highest BCUT2D eigenvalue weighted by atomic mass is 19.2. The van der Waals surface area contributed by atoms with Gasteiger partial charge < -0.3 is 5.32 Å². The van der Waals surface area contributed by atoms with Crippen molar-refractivity contribution in [2.24, 2.45) is 0 Å². The van der Waals surface area contributed by atoms with E-state index in [1.165, 1.54) is 18.2 Å². The zero-order valence-electron chi connectivity index (χ0n) is 9.90. The molecule has 1 aliphatic carbocycles. The van der Waals surface area contributed by atoms with Crippen LogP contribution in [0.15, 0.2) is 24.3 Å². The molecule has 1 aromatic carbocycles. The van der Waals surface area contributed by atoms with Gasteiger partial charge in [0.2, 0.25) is 6.41 Å². The predicted octanol–water partition coefficient (Wildman–Crippen LogP) is 3.09. The maximum absolute atomic E-state index is 13.9. The third-order valence-electron chi connectivity index (χ3n) is 3.36. The number of halogens is 4. The maximum atomic E-state index is 13.9. The van der Waals surface area contributed by atoms with Crippen LogP contribution in [0.2, 0.25) is 0 Å². The first kappa shape index (κ1) is 13.8. The number of para-hydroxylation sites is 1. The van der Waals surface area contributed by atoms with Crippen molar-refractivity contribution in [2.75, 3.05) is 5.32 Å². The second-order valence-corrected chi connectivity index (χ2v) is 4.53. The van der Waals surface area contributed by atoms with Crippen molar-refractivity contribution in [3.05, 3.63) is 29.8 Å². The zero-order chi connectivity index (χ0) is 14.0. The van der Waals surface area contributed by atoms with Gasteiger partial charge in [-0.05, 0) is 11.6 Å². The van der Waals surface area contributed by atoms with Crippen molar-refractivity contribution < 1.29 is 22.4 Å². The Morgan fingerprint density at radius 3 is 2.21 bits per heavy atom. The van der Waals surface area contributed by atoms with Gasteiger partial charge in [-0.25, -0.2) is 17.6 Å². The molecule has 1 saturated carbocycles. The number of anilines is 1. The maximum Gasteiger partial charge on any atom is 0.211 e. The summed E-state index contributed by atoms with van der Waals surface area (Å²) in [5, 5.41) is 2.29. The van der Waals surface area contributed by atoms with Gasteiger partial charge in [-0.15, -0.1) is 0 Å². The lowest BCUT2D eigenvalue weighted by Gasteiger charge is -2.35. The Bertz CT molecular complexity index is 442. The third-order valence-corrected chi connectivity index (χ3v) is 3.36. The number of hydrogen-bond donors (Lipinski definition) is 1. The average Bonchev–Trinajstić information content (AvgIpc) is 2.39. The van der Waals surface area contributed by atoms with E-state index in [2.05, 4.69) is 5.32 Å². The second-order valence-electron chi connectivity index (χ2n) is 4.53. The summed E-state index contributed by atoms with van der Waals surface area (Å²) < 4.78 is 54.5. The molecule has 0 spiro atoms. The van der Waals surface area contributed by atoms with E-state index in [1.807, 2.05) is 0 Å². The summed E-state index contributed by atoms with van der Waals surface area (Å²) >= 11 is 0. The number of carbonyl (C=O) groups is 1. The standard InChI is InChI=1S/C13H13F4NO/c14-8-5-9(15)13(17)11(12(8)16)7-3-1-2-4-10(7)18-6-19/h1-4,6,8-9,11-13H,5H2,(H,18,19). The lowest BCUT2D eigenvalue weighted by molar-refractivity contribution is -0.105. The van der Waals surface area contributed by atoms with Gasteiger partial charge in [0.25, 0.3) is 0 Å². The minimum atomic E-state index is -2.13. The summed E-state index contributed by atoms with van der Waals surface area (Å²) in [4.78, 5) is 10.5. The molecule has 4 atom stereocenters. The van der Waals surface area contributed by atoms with E-state index in [0.717, 1.165) is 0 Å². The van der Waals surface area contributed by atoms with E-state index in [-0.39, 0.29) is 11.3 Å². The highest BCUT2D eigenvalue weighted by Crippen LogP contribution is 2.42. The lowest BCUT2D eigenvalue weighted by atomic mass is 9.78. The van der Waals surface area contributed by atoms with Gasteiger partial charge in [0.1, 0.15) is 24.7 Å². The molecule has 2 rings (SSSR count). The molecule has 0 saturated heterocycles. The van der Waals surface area contributed by atoms with Crippen LogP contribution in [0.5, 0.6) is 0 Å². The quantitative estimate of drug-likeness (QED) is 0.666. The Kier molecular flexibility index (Phi) is 4.07. The number of carbonyl (C=O) groups excluding carboxylic acids is 1. The van der Waals surface area contributed by atoms with Crippen molar-refractivity contribution in [1.29, 1.82) is 0 Å². The van der Waals surface area contributed by atoms with Crippen LogP contribution in [-0.2, 0) is 4.79 Å². The molecule has 1 aliphatic rings. The van der Waals surface area contributed by atoms with Crippen molar-refractivity contribution in [1.82, 2.24) is 0 Å². The van der Waals surface area contributed by atoms with Crippen LogP contribution in [0, 0.1) is 0 Å². The molecule has 4 unspecified atom stereocenters. The van der Waals surface area contributed by atoms with Crippen molar-refractivity contribution in [3.8, 4) is 0 Å². The molecule has 104 valence electrons. The lowest BCUT2D eigenvalue weighted by Crippen LogP contribution is -2.44. The van der Waals surface area contributed by atoms with E-state index < -0.39 is 37.0 Å². The highest BCUT2D eigenvalue weighted by molar-refractivity contribution is 5.74. The fraction of sp³-hybridized carbons (Fsp3) is 0.462. The van der Waals surface area contributed by atoms with Crippen molar-refractivity contribution >= 4 is 12.1 Å². The minimum Gasteiger partial charge on any atom is -0.328 e. The SMILES string of the molecule is O=CNc1ccccc1C1C(F)C(F)CC(F)C1F. The Morgan fingerprint density at radius 2 is 1.63 bits per heavy atom. The first-order valence-corrected chi connectivity index (χ1v) is 5.91. The van der Waals surface area contributed by atoms with E-state index in [9.17, 15) is 22.4 Å². The summed E-state index contributed by atoms with van der Waals surface area (Å²) in [6, 6.07) is 5.84. The summed E-state index contributed by atoms with van der Waals surface area (Å²) in [6.45, 7) is 0. The van der Waals surface area contributed by atoms with E-state index in [4.69, 9.17) is 0 Å². The van der Waals surface area contributed by atoms with Crippen molar-refractivity contribution in [3.63, 3.8) is 0 Å². The van der Waals surface area contributed by atoms with Gasteiger partial charge in [0.15, 0.2) is 0 Å². The van der Waals surface area contributed by atoms with Gasteiger partial charge >= 0.3 is 0 Å². The Labute approximate surface area is 107 Å². The molecule has 2 nitrogen and oxygen atoms in total. The summed E-state index contributed by atoms with van der Waals surface area (Å²) in [6.07, 6.45) is -8.77. The van der Waals surface area contributed by atoms with Gasteiger partial charge in [-0.2, -0.15) is 0 Å². The van der Waals surface area contributed by atoms with Crippen LogP contribution >= 0.6 is 0 Å². The molecule has 1 N–H and O–H groups in total. The molecule has 19 heavy (non-hydrogen) atoms. The first-order chi connectivity index (χ1) is 9.06. The fourth-order valence-corrected chi connectivity index (χ4v) is 2.43. The van der Waals surface area contributed by atoms with Gasteiger partial charge in [0, 0.05) is 12.1 Å². The zero-order valence-corrected chi connectivity index (χ0v) is 9.90. The van der Waals surface area contributed by atoms with E-state index >= 15 is 0 Å². The molecular formula is C13H13F4NO. The summed E-state index contributed by atoms with van der Waals surface area (Å²) in [7, 11) is 0. The fourth-order valence-electron chi connectivity index (χ4n) is 2.43. The highest BCUT2D eigenvalue weighted by Gasteiger charge is 2.47. The van der Waals surface area contributed by atoms with Gasteiger partial charge in [-0.3, -0.25) is 4.79 Å². The number of alkyl halides is 4. The van der Waals surface area contributed by atoms with Crippen LogP contribution in [0.3, 0.4) is 0 Å². The van der Waals surface area contributed by atoms with Crippen LogP contribution in [0.1, 0.15) is 17.9 Å². The topological polar surface area (TPSA) is 29.1 Å². The molecule has 0 bridgehead atoms. The summed E-state index contributed by atoms with van der Waals surface area (Å²) in [5.41, 5.74) is 0.230. The minimum absolute atomic E-state index is 0.0691. The molecular weight excluding hydrogens is 262 g/mol. The average molecular weight is 275 g/mol. The first-order valence-electron chi connectivity index (χ1n) is 5.91. The Hall–Kier alpha value is -1.59. The largest absolute Gasteiger partial charge is 0.328 e.